The van der Waals surface area contributed by atoms with Crippen molar-refractivity contribution in [1.82, 2.24) is 5.32 Å². The molecule has 0 amide bonds. The second-order valence-electron chi connectivity index (χ2n) is 5.74. The van der Waals surface area contributed by atoms with Crippen LogP contribution in [0, 0.1) is 11.3 Å². The summed E-state index contributed by atoms with van der Waals surface area (Å²) in [6.45, 7) is 8.89. The molecule has 0 aromatic heterocycles. The van der Waals surface area contributed by atoms with Crippen molar-refractivity contribution < 1.29 is 0 Å². The Kier molecular flexibility index (Phi) is 4.39. The highest BCUT2D eigenvalue weighted by Crippen LogP contribution is 2.31. The van der Waals surface area contributed by atoms with Crippen LogP contribution in [0.1, 0.15) is 46.5 Å². The van der Waals surface area contributed by atoms with Crippen LogP contribution in [0.25, 0.3) is 0 Å². The van der Waals surface area contributed by atoms with Crippen molar-refractivity contribution in [3.8, 4) is 0 Å². The Labute approximate surface area is 88.6 Å². The molecule has 0 saturated heterocycles. The van der Waals surface area contributed by atoms with Crippen LogP contribution in [0.15, 0.2) is 0 Å². The van der Waals surface area contributed by atoms with E-state index >= 15 is 0 Å². The Morgan fingerprint density at radius 3 is 2.43 bits per heavy atom. The molecule has 14 heavy (non-hydrogen) atoms. The Balaban J connectivity index is 1.91. The van der Waals surface area contributed by atoms with Crippen LogP contribution >= 0.6 is 0 Å². The van der Waals surface area contributed by atoms with Crippen molar-refractivity contribution in [2.45, 2.75) is 52.5 Å². The first kappa shape index (κ1) is 12.0. The summed E-state index contributed by atoms with van der Waals surface area (Å²) in [4.78, 5) is 0. The normalized spacial score (nSPS) is 19.7. The summed E-state index contributed by atoms with van der Waals surface area (Å²) in [5.41, 5.74) is 6.31. The van der Waals surface area contributed by atoms with E-state index in [9.17, 15) is 0 Å². The Hall–Kier alpha value is -0.0800. The highest BCUT2D eigenvalue weighted by atomic mass is 14.9. The first-order valence-electron chi connectivity index (χ1n) is 5.96. The van der Waals surface area contributed by atoms with Crippen LogP contribution in [-0.2, 0) is 0 Å². The van der Waals surface area contributed by atoms with Crippen molar-refractivity contribution in [3.63, 3.8) is 0 Å². The molecule has 0 bridgehead atoms. The van der Waals surface area contributed by atoms with Crippen LogP contribution < -0.4 is 11.1 Å². The molecule has 2 nitrogen and oxygen atoms in total. The zero-order valence-corrected chi connectivity index (χ0v) is 9.97. The van der Waals surface area contributed by atoms with Crippen molar-refractivity contribution >= 4 is 0 Å². The molecule has 1 fully saturated rings. The van der Waals surface area contributed by atoms with Gasteiger partial charge in [0.1, 0.15) is 0 Å². The Bertz CT molecular complexity index is 156. The molecular formula is C12H26N2. The van der Waals surface area contributed by atoms with E-state index in [0.717, 1.165) is 18.9 Å². The first-order chi connectivity index (χ1) is 6.50. The van der Waals surface area contributed by atoms with Crippen LogP contribution in [0.5, 0.6) is 0 Å². The molecule has 0 aromatic carbocycles. The number of rotatable bonds is 6. The second kappa shape index (κ2) is 5.13. The molecule has 84 valence electrons. The number of nitrogens with two attached hydrogens (primary N) is 1. The Morgan fingerprint density at radius 1 is 1.29 bits per heavy atom. The lowest BCUT2D eigenvalue weighted by atomic mass is 9.85. The van der Waals surface area contributed by atoms with Crippen molar-refractivity contribution in [3.05, 3.63) is 0 Å². The van der Waals surface area contributed by atoms with Gasteiger partial charge in [0.15, 0.2) is 0 Å². The number of hydrogen-bond donors (Lipinski definition) is 2. The predicted octanol–water partition coefficient (Wildman–Crippen LogP) is 2.14. The molecule has 0 spiro atoms. The summed E-state index contributed by atoms with van der Waals surface area (Å²) in [5.74, 6) is 1.04. The van der Waals surface area contributed by atoms with Crippen molar-refractivity contribution in [2.24, 2.45) is 17.1 Å². The topological polar surface area (TPSA) is 38.0 Å². The standard InChI is InChI=1S/C12H26N2/c1-12(2,3)11(13)7-9-14-8-6-10-4-5-10/h10-11,14H,4-9,13H2,1-3H3. The summed E-state index contributed by atoms with van der Waals surface area (Å²) >= 11 is 0. The average molecular weight is 198 g/mol. The summed E-state index contributed by atoms with van der Waals surface area (Å²) in [7, 11) is 0. The average Bonchev–Trinajstić information content (AvgIpc) is 2.85. The van der Waals surface area contributed by atoms with Crippen LogP contribution in [0.4, 0.5) is 0 Å². The SMILES string of the molecule is CC(C)(C)C(N)CCNCCC1CC1. The maximum atomic E-state index is 6.07. The second-order valence-corrected chi connectivity index (χ2v) is 5.74. The molecular weight excluding hydrogens is 172 g/mol. The molecule has 2 heteroatoms. The van der Waals surface area contributed by atoms with Gasteiger partial charge in [-0.2, -0.15) is 0 Å². The predicted molar refractivity (Wildman–Crippen MR) is 62.3 cm³/mol. The molecule has 0 heterocycles. The van der Waals surface area contributed by atoms with E-state index in [2.05, 4.69) is 26.1 Å². The molecule has 1 aliphatic rings. The third-order valence-electron chi connectivity index (χ3n) is 3.17. The van der Waals surface area contributed by atoms with Gasteiger partial charge in [0.05, 0.1) is 0 Å². The molecule has 1 rings (SSSR count). The van der Waals surface area contributed by atoms with E-state index in [1.54, 1.807) is 0 Å². The van der Waals surface area contributed by atoms with E-state index in [0.29, 0.717) is 6.04 Å². The van der Waals surface area contributed by atoms with Crippen molar-refractivity contribution in [2.75, 3.05) is 13.1 Å². The highest BCUT2D eigenvalue weighted by Gasteiger charge is 2.21. The fourth-order valence-electron chi connectivity index (χ4n) is 1.53. The lowest BCUT2D eigenvalue weighted by molar-refractivity contribution is 0.302. The summed E-state index contributed by atoms with van der Waals surface area (Å²) in [5, 5.41) is 3.48. The van der Waals surface area contributed by atoms with Gasteiger partial charge < -0.3 is 11.1 Å². The van der Waals surface area contributed by atoms with Gasteiger partial charge in [-0.05, 0) is 37.3 Å². The van der Waals surface area contributed by atoms with E-state index < -0.39 is 0 Å². The minimum absolute atomic E-state index is 0.248. The quantitative estimate of drug-likeness (QED) is 0.642. The third-order valence-corrected chi connectivity index (χ3v) is 3.17. The number of nitrogens with one attached hydrogen (secondary N) is 1. The molecule has 0 radical (unpaired) electrons. The molecule has 1 aliphatic carbocycles. The zero-order chi connectivity index (χ0) is 10.6. The summed E-state index contributed by atoms with van der Waals surface area (Å²) < 4.78 is 0. The summed E-state index contributed by atoms with van der Waals surface area (Å²) in [6, 6.07) is 0.316. The van der Waals surface area contributed by atoms with E-state index in [-0.39, 0.29) is 5.41 Å². The summed E-state index contributed by atoms with van der Waals surface area (Å²) in [6.07, 6.45) is 5.38. The van der Waals surface area contributed by atoms with Gasteiger partial charge in [0.25, 0.3) is 0 Å². The van der Waals surface area contributed by atoms with Gasteiger partial charge >= 0.3 is 0 Å². The molecule has 0 aliphatic heterocycles. The van der Waals surface area contributed by atoms with E-state index in [1.807, 2.05) is 0 Å². The molecule has 0 aromatic rings. The molecule has 1 atom stereocenters. The van der Waals surface area contributed by atoms with Crippen LogP contribution in [-0.4, -0.2) is 19.1 Å². The zero-order valence-electron chi connectivity index (χ0n) is 9.97. The van der Waals surface area contributed by atoms with Gasteiger partial charge in [-0.1, -0.05) is 33.6 Å². The van der Waals surface area contributed by atoms with Crippen LogP contribution in [0.3, 0.4) is 0 Å². The van der Waals surface area contributed by atoms with E-state index in [4.69, 9.17) is 5.73 Å². The van der Waals surface area contributed by atoms with E-state index in [1.165, 1.54) is 25.8 Å². The largest absolute Gasteiger partial charge is 0.327 e. The maximum absolute atomic E-state index is 6.07. The van der Waals surface area contributed by atoms with Gasteiger partial charge in [-0.3, -0.25) is 0 Å². The smallest absolute Gasteiger partial charge is 0.00997 e. The monoisotopic (exact) mass is 198 g/mol. The lowest BCUT2D eigenvalue weighted by Gasteiger charge is -2.27. The minimum Gasteiger partial charge on any atom is -0.327 e. The Morgan fingerprint density at radius 2 is 1.93 bits per heavy atom. The number of hydrogen-bond acceptors (Lipinski definition) is 2. The van der Waals surface area contributed by atoms with Gasteiger partial charge in [-0.25, -0.2) is 0 Å². The minimum atomic E-state index is 0.248. The highest BCUT2D eigenvalue weighted by molar-refractivity contribution is 4.78. The van der Waals surface area contributed by atoms with Gasteiger partial charge in [0, 0.05) is 6.04 Å². The third kappa shape index (κ3) is 4.97. The fourth-order valence-corrected chi connectivity index (χ4v) is 1.53. The van der Waals surface area contributed by atoms with Crippen LogP contribution in [0.2, 0.25) is 0 Å². The first-order valence-corrected chi connectivity index (χ1v) is 5.96. The van der Waals surface area contributed by atoms with Gasteiger partial charge in [-0.15, -0.1) is 0 Å². The molecule has 1 unspecified atom stereocenters. The van der Waals surface area contributed by atoms with Crippen molar-refractivity contribution in [1.29, 1.82) is 0 Å². The maximum Gasteiger partial charge on any atom is 0.00997 e. The lowest BCUT2D eigenvalue weighted by Crippen LogP contribution is -2.37. The fraction of sp³-hybridized carbons (Fsp3) is 1.00. The van der Waals surface area contributed by atoms with Gasteiger partial charge in [0.2, 0.25) is 0 Å². The molecule has 3 N–H and O–H groups in total. The molecule has 1 saturated carbocycles.